The van der Waals surface area contributed by atoms with Gasteiger partial charge in [0, 0.05) is 6.54 Å². The van der Waals surface area contributed by atoms with E-state index >= 15 is 0 Å². The number of aryl methyl sites for hydroxylation is 1. The SMILES string of the molecule is Cc1ccc(NCC(C)(O)CO)c(N)c1. The summed E-state index contributed by atoms with van der Waals surface area (Å²) in [5, 5.41) is 21.4. The summed E-state index contributed by atoms with van der Waals surface area (Å²) < 4.78 is 0. The number of hydrogen-bond donors (Lipinski definition) is 4. The van der Waals surface area contributed by atoms with E-state index in [0.717, 1.165) is 11.3 Å². The molecule has 1 aromatic rings. The Balaban J connectivity index is 2.66. The predicted octanol–water partition coefficient (Wildman–Crippen LogP) is 0.732. The molecule has 1 unspecified atom stereocenters. The van der Waals surface area contributed by atoms with E-state index in [9.17, 15) is 5.11 Å². The van der Waals surface area contributed by atoms with Gasteiger partial charge in [0.25, 0.3) is 0 Å². The minimum absolute atomic E-state index is 0.261. The zero-order chi connectivity index (χ0) is 11.5. The number of nitrogens with one attached hydrogen (secondary N) is 1. The molecule has 0 radical (unpaired) electrons. The third kappa shape index (κ3) is 3.42. The maximum absolute atomic E-state index is 9.58. The number of benzene rings is 1. The van der Waals surface area contributed by atoms with Gasteiger partial charge in [-0.1, -0.05) is 6.07 Å². The van der Waals surface area contributed by atoms with Gasteiger partial charge in [-0.2, -0.15) is 0 Å². The summed E-state index contributed by atoms with van der Waals surface area (Å²) in [6, 6.07) is 5.65. The Morgan fingerprint density at radius 2 is 2.13 bits per heavy atom. The highest BCUT2D eigenvalue weighted by molar-refractivity contribution is 5.66. The van der Waals surface area contributed by atoms with Crippen LogP contribution in [0.15, 0.2) is 18.2 Å². The highest BCUT2D eigenvalue weighted by Gasteiger charge is 2.18. The topological polar surface area (TPSA) is 78.5 Å². The molecule has 0 saturated heterocycles. The van der Waals surface area contributed by atoms with Crippen molar-refractivity contribution in [1.82, 2.24) is 0 Å². The molecule has 15 heavy (non-hydrogen) atoms. The second-order valence-corrected chi connectivity index (χ2v) is 4.10. The largest absolute Gasteiger partial charge is 0.397 e. The number of aliphatic hydroxyl groups is 2. The summed E-state index contributed by atoms with van der Waals surface area (Å²) in [7, 11) is 0. The second kappa shape index (κ2) is 4.51. The van der Waals surface area contributed by atoms with Gasteiger partial charge in [0.05, 0.1) is 18.0 Å². The Morgan fingerprint density at radius 3 is 2.67 bits per heavy atom. The monoisotopic (exact) mass is 210 g/mol. The Labute approximate surface area is 89.7 Å². The van der Waals surface area contributed by atoms with E-state index in [1.165, 1.54) is 0 Å². The van der Waals surface area contributed by atoms with Crippen LogP contribution >= 0.6 is 0 Å². The van der Waals surface area contributed by atoms with Crippen LogP contribution in [0.4, 0.5) is 11.4 Å². The van der Waals surface area contributed by atoms with Crippen molar-refractivity contribution in [1.29, 1.82) is 0 Å². The molecular formula is C11H18N2O2. The van der Waals surface area contributed by atoms with Crippen molar-refractivity contribution in [3.05, 3.63) is 23.8 Å². The molecule has 1 atom stereocenters. The molecule has 0 heterocycles. The first-order chi connectivity index (χ1) is 6.94. The fourth-order valence-electron chi connectivity index (χ4n) is 1.18. The number of rotatable bonds is 4. The van der Waals surface area contributed by atoms with Gasteiger partial charge in [0.15, 0.2) is 0 Å². The van der Waals surface area contributed by atoms with Gasteiger partial charge in [0.1, 0.15) is 5.60 Å². The average molecular weight is 210 g/mol. The van der Waals surface area contributed by atoms with Crippen LogP contribution < -0.4 is 11.1 Å². The normalized spacial score (nSPS) is 14.7. The highest BCUT2D eigenvalue weighted by Crippen LogP contribution is 2.20. The minimum Gasteiger partial charge on any atom is -0.397 e. The summed E-state index contributed by atoms with van der Waals surface area (Å²) in [5.41, 5.74) is 7.16. The quantitative estimate of drug-likeness (QED) is 0.552. The van der Waals surface area contributed by atoms with Crippen LogP contribution in [0.3, 0.4) is 0 Å². The van der Waals surface area contributed by atoms with E-state index in [4.69, 9.17) is 10.8 Å². The van der Waals surface area contributed by atoms with Crippen LogP contribution in [-0.2, 0) is 0 Å². The molecule has 4 heteroatoms. The van der Waals surface area contributed by atoms with Gasteiger partial charge in [-0.3, -0.25) is 0 Å². The van der Waals surface area contributed by atoms with Gasteiger partial charge < -0.3 is 21.3 Å². The van der Waals surface area contributed by atoms with Crippen molar-refractivity contribution in [2.45, 2.75) is 19.4 Å². The molecule has 0 aliphatic rings. The van der Waals surface area contributed by atoms with Crippen LogP contribution in [0.25, 0.3) is 0 Å². The summed E-state index contributed by atoms with van der Waals surface area (Å²) in [4.78, 5) is 0. The summed E-state index contributed by atoms with van der Waals surface area (Å²) in [5.74, 6) is 0. The van der Waals surface area contributed by atoms with Gasteiger partial charge in [-0.15, -0.1) is 0 Å². The molecule has 0 bridgehead atoms. The third-order valence-electron chi connectivity index (χ3n) is 2.21. The molecule has 5 N–H and O–H groups in total. The number of anilines is 2. The number of nitrogens with two attached hydrogens (primary N) is 1. The molecule has 0 fully saturated rings. The lowest BCUT2D eigenvalue weighted by Gasteiger charge is -2.22. The molecule has 1 aromatic carbocycles. The van der Waals surface area contributed by atoms with Crippen molar-refractivity contribution in [3.63, 3.8) is 0 Å². The molecular weight excluding hydrogens is 192 g/mol. The fourth-order valence-corrected chi connectivity index (χ4v) is 1.18. The summed E-state index contributed by atoms with van der Waals surface area (Å²) in [6.07, 6.45) is 0. The molecule has 0 saturated carbocycles. The van der Waals surface area contributed by atoms with Crippen LogP contribution in [0.5, 0.6) is 0 Å². The van der Waals surface area contributed by atoms with E-state index in [1.54, 1.807) is 6.92 Å². The standard InChI is InChI=1S/C11H18N2O2/c1-8-3-4-10(9(12)5-8)13-6-11(2,15)7-14/h3-5,13-15H,6-7,12H2,1-2H3. The molecule has 0 spiro atoms. The fraction of sp³-hybridized carbons (Fsp3) is 0.455. The van der Waals surface area contributed by atoms with Crippen LogP contribution in [-0.4, -0.2) is 29.0 Å². The minimum atomic E-state index is -1.13. The maximum Gasteiger partial charge on any atom is 0.102 e. The molecule has 0 amide bonds. The van der Waals surface area contributed by atoms with Crippen molar-refractivity contribution in [2.24, 2.45) is 0 Å². The number of hydrogen-bond acceptors (Lipinski definition) is 4. The Kier molecular flexibility index (Phi) is 3.55. The summed E-state index contributed by atoms with van der Waals surface area (Å²) in [6.45, 7) is 3.50. The predicted molar refractivity (Wildman–Crippen MR) is 61.8 cm³/mol. The van der Waals surface area contributed by atoms with E-state index in [0.29, 0.717) is 5.69 Å². The number of aliphatic hydroxyl groups excluding tert-OH is 1. The van der Waals surface area contributed by atoms with E-state index in [2.05, 4.69) is 5.32 Å². The molecule has 4 nitrogen and oxygen atoms in total. The van der Waals surface area contributed by atoms with Crippen molar-refractivity contribution in [2.75, 3.05) is 24.2 Å². The average Bonchev–Trinajstić information content (AvgIpc) is 2.16. The zero-order valence-electron chi connectivity index (χ0n) is 9.12. The highest BCUT2D eigenvalue weighted by atomic mass is 16.3. The number of nitrogen functional groups attached to an aromatic ring is 1. The smallest absolute Gasteiger partial charge is 0.102 e. The molecule has 84 valence electrons. The lowest BCUT2D eigenvalue weighted by molar-refractivity contribution is 0.0132. The van der Waals surface area contributed by atoms with E-state index in [-0.39, 0.29) is 13.2 Å². The van der Waals surface area contributed by atoms with Crippen LogP contribution in [0.2, 0.25) is 0 Å². The van der Waals surface area contributed by atoms with Crippen molar-refractivity contribution >= 4 is 11.4 Å². The molecule has 0 aliphatic heterocycles. The molecule has 0 aliphatic carbocycles. The lowest BCUT2D eigenvalue weighted by atomic mass is 10.1. The van der Waals surface area contributed by atoms with Gasteiger partial charge in [-0.25, -0.2) is 0 Å². The first kappa shape index (κ1) is 11.8. The second-order valence-electron chi connectivity index (χ2n) is 4.10. The van der Waals surface area contributed by atoms with Gasteiger partial charge >= 0.3 is 0 Å². The maximum atomic E-state index is 9.58. The Morgan fingerprint density at radius 1 is 1.47 bits per heavy atom. The van der Waals surface area contributed by atoms with Crippen LogP contribution in [0.1, 0.15) is 12.5 Å². The zero-order valence-corrected chi connectivity index (χ0v) is 9.12. The first-order valence-corrected chi connectivity index (χ1v) is 4.88. The first-order valence-electron chi connectivity index (χ1n) is 4.88. The summed E-state index contributed by atoms with van der Waals surface area (Å²) >= 11 is 0. The van der Waals surface area contributed by atoms with Gasteiger partial charge in [-0.05, 0) is 31.5 Å². The Hall–Kier alpha value is -1.26. The van der Waals surface area contributed by atoms with Crippen molar-refractivity contribution in [3.8, 4) is 0 Å². The van der Waals surface area contributed by atoms with Gasteiger partial charge in [0.2, 0.25) is 0 Å². The van der Waals surface area contributed by atoms with E-state index in [1.807, 2.05) is 25.1 Å². The third-order valence-corrected chi connectivity index (χ3v) is 2.21. The Bertz CT molecular complexity index is 337. The lowest BCUT2D eigenvalue weighted by Crippen LogP contribution is -2.37. The molecule has 0 aromatic heterocycles. The van der Waals surface area contributed by atoms with Crippen LogP contribution in [0, 0.1) is 6.92 Å². The molecule has 1 rings (SSSR count). The van der Waals surface area contributed by atoms with Crippen molar-refractivity contribution < 1.29 is 10.2 Å². The van der Waals surface area contributed by atoms with E-state index < -0.39 is 5.60 Å².